The molecule has 6 aromatic rings. The highest BCUT2D eigenvalue weighted by Crippen LogP contribution is 2.35. The van der Waals surface area contributed by atoms with E-state index >= 15 is 0 Å². The number of benzene rings is 3. The van der Waals surface area contributed by atoms with Crippen LogP contribution in [0.4, 0.5) is 0 Å². The first-order chi connectivity index (χ1) is 20.6. The van der Waals surface area contributed by atoms with Crippen LogP contribution in [0.2, 0.25) is 0 Å². The molecule has 1 atom stereocenters. The van der Waals surface area contributed by atoms with E-state index in [0.717, 1.165) is 33.8 Å². The number of hydrogen-bond acceptors (Lipinski definition) is 8. The van der Waals surface area contributed by atoms with Gasteiger partial charge in [-0.05, 0) is 61.0 Å². The van der Waals surface area contributed by atoms with Gasteiger partial charge in [0.15, 0.2) is 23.4 Å². The van der Waals surface area contributed by atoms with Crippen LogP contribution in [-0.4, -0.2) is 37.6 Å². The van der Waals surface area contributed by atoms with Crippen LogP contribution in [0.1, 0.15) is 23.1 Å². The molecule has 0 aliphatic carbocycles. The van der Waals surface area contributed by atoms with Crippen LogP contribution in [-0.2, 0) is 0 Å². The Labute approximate surface area is 244 Å². The molecule has 0 bridgehead atoms. The number of thiazole rings is 1. The van der Waals surface area contributed by atoms with E-state index < -0.39 is 6.10 Å². The minimum atomic E-state index is -0.504. The minimum absolute atomic E-state index is 0.255. The van der Waals surface area contributed by atoms with Crippen LogP contribution < -0.4 is 24.3 Å². The third-order valence-electron chi connectivity index (χ3n) is 6.87. The highest BCUT2D eigenvalue weighted by Gasteiger charge is 2.27. The third-order valence-corrected chi connectivity index (χ3v) is 7.82. The van der Waals surface area contributed by atoms with Crippen LogP contribution in [0, 0.1) is 6.92 Å². The number of rotatable bonds is 7. The van der Waals surface area contributed by atoms with Crippen molar-refractivity contribution in [2.75, 3.05) is 13.2 Å². The summed E-state index contributed by atoms with van der Waals surface area (Å²) < 4.78 is 21.2. The molecule has 0 amide bonds. The van der Waals surface area contributed by atoms with E-state index in [2.05, 4.69) is 16.7 Å². The van der Waals surface area contributed by atoms with Crippen molar-refractivity contribution in [1.29, 1.82) is 0 Å². The van der Waals surface area contributed by atoms with Gasteiger partial charge in [0, 0.05) is 17.3 Å². The lowest BCUT2D eigenvalue weighted by Crippen LogP contribution is -2.26. The molecule has 0 N–H and O–H groups in total. The molecule has 3 aromatic carbocycles. The van der Waals surface area contributed by atoms with Crippen LogP contribution in [0.3, 0.4) is 0 Å². The number of fused-ring (bicyclic) bond motifs is 2. The molecule has 0 spiro atoms. The molecule has 1 aliphatic heterocycles. The molecule has 42 heavy (non-hydrogen) atoms. The predicted octanol–water partition coefficient (Wildman–Crippen LogP) is 4.94. The summed E-state index contributed by atoms with van der Waals surface area (Å²) >= 11 is 1.27. The summed E-state index contributed by atoms with van der Waals surface area (Å²) in [4.78, 5) is 18.6. The number of para-hydroxylation sites is 3. The van der Waals surface area contributed by atoms with E-state index in [-0.39, 0.29) is 12.2 Å². The lowest BCUT2D eigenvalue weighted by molar-refractivity contribution is 0.0852. The van der Waals surface area contributed by atoms with Crippen molar-refractivity contribution in [1.82, 2.24) is 24.4 Å². The Morgan fingerprint density at radius 2 is 1.88 bits per heavy atom. The van der Waals surface area contributed by atoms with Crippen molar-refractivity contribution < 1.29 is 14.2 Å². The van der Waals surface area contributed by atoms with E-state index in [4.69, 9.17) is 19.3 Å². The maximum Gasteiger partial charge on any atom is 0.291 e. The summed E-state index contributed by atoms with van der Waals surface area (Å²) in [5.74, 6) is 2.47. The van der Waals surface area contributed by atoms with Gasteiger partial charge in [-0.1, -0.05) is 54.3 Å². The van der Waals surface area contributed by atoms with Crippen LogP contribution in [0.15, 0.2) is 96.4 Å². The molecule has 10 heteroatoms. The molecule has 1 aliphatic rings. The number of ether oxygens (including phenoxy) is 3. The first-order valence-electron chi connectivity index (χ1n) is 13.4. The lowest BCUT2D eigenvalue weighted by atomic mass is 10.0. The topological polar surface area (TPSA) is 92.8 Å². The summed E-state index contributed by atoms with van der Waals surface area (Å²) in [7, 11) is 0. The van der Waals surface area contributed by atoms with Gasteiger partial charge in [0.25, 0.3) is 5.56 Å². The summed E-state index contributed by atoms with van der Waals surface area (Å²) in [6, 6.07) is 23.2. The largest absolute Gasteiger partial charge is 0.490 e. The second-order valence-electron chi connectivity index (χ2n) is 9.73. The molecule has 4 heterocycles. The molecule has 0 saturated heterocycles. The molecule has 208 valence electrons. The molecule has 0 fully saturated rings. The number of aromatic nitrogens is 5. The van der Waals surface area contributed by atoms with Gasteiger partial charge in [-0.3, -0.25) is 4.79 Å². The van der Waals surface area contributed by atoms with Gasteiger partial charge in [-0.2, -0.15) is 14.6 Å². The van der Waals surface area contributed by atoms with Gasteiger partial charge >= 0.3 is 0 Å². The van der Waals surface area contributed by atoms with Gasteiger partial charge in [0.2, 0.25) is 4.96 Å². The highest BCUT2D eigenvalue weighted by atomic mass is 32.1. The van der Waals surface area contributed by atoms with Crippen LogP contribution >= 0.6 is 11.3 Å². The van der Waals surface area contributed by atoms with Crippen LogP contribution in [0.5, 0.6) is 17.2 Å². The molecule has 7 rings (SSSR count). The fourth-order valence-corrected chi connectivity index (χ4v) is 5.74. The van der Waals surface area contributed by atoms with Crippen molar-refractivity contribution in [3.05, 3.63) is 123 Å². The van der Waals surface area contributed by atoms with Gasteiger partial charge in [0.05, 0.1) is 10.2 Å². The van der Waals surface area contributed by atoms with Crippen molar-refractivity contribution in [2.45, 2.75) is 13.0 Å². The molecular formula is C32H25N5O4S. The SMILES string of the molecule is C=CCOc1ccc(-c2nn(-c3ccccc3)cc2C=c2sc3nc(C4COc5ccccc5O4)nn3c2=O)c(C)c1. The maximum atomic E-state index is 13.5. The third kappa shape index (κ3) is 4.71. The number of nitrogens with zero attached hydrogens (tertiary/aromatic N) is 5. The Hall–Kier alpha value is -5.22. The Balaban J connectivity index is 1.28. The molecular weight excluding hydrogens is 550 g/mol. The molecule has 3 aromatic heterocycles. The van der Waals surface area contributed by atoms with E-state index in [0.29, 0.717) is 33.4 Å². The fraction of sp³-hybridized carbons (Fsp3) is 0.125. The predicted molar refractivity (Wildman–Crippen MR) is 161 cm³/mol. The van der Waals surface area contributed by atoms with Crippen molar-refractivity contribution >= 4 is 22.4 Å². The summed E-state index contributed by atoms with van der Waals surface area (Å²) in [6.07, 6.45) is 4.99. The summed E-state index contributed by atoms with van der Waals surface area (Å²) in [6.45, 7) is 6.42. The van der Waals surface area contributed by atoms with E-state index in [1.807, 2.05) is 96.7 Å². The van der Waals surface area contributed by atoms with E-state index in [1.54, 1.807) is 6.08 Å². The van der Waals surface area contributed by atoms with Crippen molar-refractivity contribution in [2.24, 2.45) is 0 Å². The second kappa shape index (κ2) is 10.6. The highest BCUT2D eigenvalue weighted by molar-refractivity contribution is 7.15. The fourth-order valence-electron chi connectivity index (χ4n) is 4.84. The van der Waals surface area contributed by atoms with Gasteiger partial charge in [-0.15, -0.1) is 5.10 Å². The zero-order valence-electron chi connectivity index (χ0n) is 22.6. The zero-order chi connectivity index (χ0) is 28.6. The first-order valence-corrected chi connectivity index (χ1v) is 14.2. The van der Waals surface area contributed by atoms with Crippen molar-refractivity contribution in [3.8, 4) is 34.2 Å². The molecule has 1 unspecified atom stereocenters. The average molecular weight is 576 g/mol. The van der Waals surface area contributed by atoms with Gasteiger partial charge in [0.1, 0.15) is 24.7 Å². The molecule has 0 saturated carbocycles. The Bertz CT molecular complexity index is 2050. The quantitative estimate of drug-likeness (QED) is 0.249. The normalized spacial score (nSPS) is 14.8. The van der Waals surface area contributed by atoms with E-state index in [9.17, 15) is 4.79 Å². The minimum Gasteiger partial charge on any atom is -0.490 e. The van der Waals surface area contributed by atoms with Gasteiger partial charge in [-0.25, -0.2) is 4.68 Å². The van der Waals surface area contributed by atoms with Crippen LogP contribution in [0.25, 0.3) is 28.0 Å². The summed E-state index contributed by atoms with van der Waals surface area (Å²) in [5.41, 5.74) is 4.13. The monoisotopic (exact) mass is 575 g/mol. The van der Waals surface area contributed by atoms with E-state index in [1.165, 1.54) is 15.9 Å². The molecule has 0 radical (unpaired) electrons. The Kier molecular flexibility index (Phi) is 6.52. The van der Waals surface area contributed by atoms with Crippen molar-refractivity contribution in [3.63, 3.8) is 0 Å². The Morgan fingerprint density at radius 1 is 1.07 bits per heavy atom. The smallest absolute Gasteiger partial charge is 0.291 e. The Morgan fingerprint density at radius 3 is 2.67 bits per heavy atom. The second-order valence-corrected chi connectivity index (χ2v) is 10.7. The molecule has 9 nitrogen and oxygen atoms in total. The average Bonchev–Trinajstić information content (AvgIpc) is 3.71. The number of aryl methyl sites for hydroxylation is 1. The number of hydrogen-bond donors (Lipinski definition) is 0. The lowest BCUT2D eigenvalue weighted by Gasteiger charge is -2.24. The first kappa shape index (κ1) is 25.7. The maximum absolute atomic E-state index is 13.5. The standard InChI is InChI=1S/C32H25N5O4S/c1-3-15-39-23-13-14-24(20(2)16-23)29-21(18-36(34-29)22-9-5-4-6-10-22)17-28-31(38)37-32(42-28)33-30(35-37)27-19-40-25-11-7-8-12-26(25)41-27/h3-14,16-18,27H,1,15,19H2,2H3. The van der Waals surface area contributed by atoms with Gasteiger partial charge < -0.3 is 14.2 Å². The zero-order valence-corrected chi connectivity index (χ0v) is 23.5. The summed E-state index contributed by atoms with van der Waals surface area (Å²) in [5, 5.41) is 9.42.